The number of hydrogen-bond acceptors (Lipinski definition) is 3. The molecule has 0 amide bonds. The van der Waals surface area contributed by atoms with Gasteiger partial charge in [0, 0.05) is 11.8 Å². The minimum absolute atomic E-state index is 0.0431. The fourth-order valence-corrected chi connectivity index (χ4v) is 2.65. The molecule has 0 fully saturated rings. The summed E-state index contributed by atoms with van der Waals surface area (Å²) in [6.07, 6.45) is 1.04. The van der Waals surface area contributed by atoms with Gasteiger partial charge in [0.25, 0.3) is 0 Å². The van der Waals surface area contributed by atoms with E-state index in [4.69, 9.17) is 0 Å². The third kappa shape index (κ3) is 3.36. The number of benzene rings is 2. The van der Waals surface area contributed by atoms with E-state index < -0.39 is 32.8 Å². The Morgan fingerprint density at radius 2 is 1.62 bits per heavy atom. The van der Waals surface area contributed by atoms with Crippen molar-refractivity contribution in [1.82, 2.24) is 0 Å². The Bertz CT molecular complexity index is 815. The Kier molecular flexibility index (Phi) is 4.25. The third-order valence-corrected chi connectivity index (χ3v) is 4.54. The summed E-state index contributed by atoms with van der Waals surface area (Å²) in [7, 11) is -3.38. The van der Waals surface area contributed by atoms with Gasteiger partial charge in [-0.15, -0.1) is 0 Å². The second-order valence-corrected chi connectivity index (χ2v) is 7.24. The molecule has 21 heavy (non-hydrogen) atoms. The van der Waals surface area contributed by atoms with Gasteiger partial charge in [-0.1, -0.05) is 0 Å². The van der Waals surface area contributed by atoms with Crippen molar-refractivity contribution < 1.29 is 22.0 Å². The number of hydrogen-bond donors (Lipinski definition) is 0. The van der Waals surface area contributed by atoms with Crippen LogP contribution in [-0.2, 0) is 9.84 Å². The van der Waals surface area contributed by atoms with Crippen LogP contribution in [0.1, 0.15) is 15.9 Å². The van der Waals surface area contributed by atoms with Crippen molar-refractivity contribution in [3.05, 3.63) is 63.6 Å². The van der Waals surface area contributed by atoms with Crippen molar-refractivity contribution in [2.45, 2.75) is 4.90 Å². The summed E-state index contributed by atoms with van der Waals surface area (Å²) in [5.41, 5.74) is -0.342. The van der Waals surface area contributed by atoms with Crippen LogP contribution < -0.4 is 0 Å². The zero-order valence-electron chi connectivity index (χ0n) is 10.7. The van der Waals surface area contributed by atoms with Gasteiger partial charge in [0.15, 0.2) is 15.6 Å². The molecular formula is C14H9BrF2O3S. The topological polar surface area (TPSA) is 51.2 Å². The molecule has 2 rings (SSSR count). The van der Waals surface area contributed by atoms with Crippen LogP contribution in [0.5, 0.6) is 0 Å². The van der Waals surface area contributed by atoms with Crippen molar-refractivity contribution >= 4 is 31.6 Å². The highest BCUT2D eigenvalue weighted by Crippen LogP contribution is 2.22. The maximum Gasteiger partial charge on any atom is 0.196 e. The first-order valence-electron chi connectivity index (χ1n) is 5.69. The molecule has 0 radical (unpaired) electrons. The molecule has 0 N–H and O–H groups in total. The zero-order chi connectivity index (χ0) is 15.8. The molecule has 0 saturated carbocycles. The van der Waals surface area contributed by atoms with Crippen LogP contribution in [0.2, 0.25) is 0 Å². The molecule has 0 heterocycles. The average molecular weight is 375 g/mol. The first-order chi connectivity index (χ1) is 9.70. The summed E-state index contributed by atoms with van der Waals surface area (Å²) in [6, 6.07) is 6.68. The summed E-state index contributed by atoms with van der Waals surface area (Å²) in [5, 5.41) is 0. The van der Waals surface area contributed by atoms with Crippen LogP contribution in [0.25, 0.3) is 0 Å². The number of halogens is 3. The van der Waals surface area contributed by atoms with Crippen molar-refractivity contribution in [3.63, 3.8) is 0 Å². The lowest BCUT2D eigenvalue weighted by Crippen LogP contribution is -2.06. The number of rotatable bonds is 3. The van der Waals surface area contributed by atoms with Crippen molar-refractivity contribution in [2.75, 3.05) is 6.26 Å². The molecule has 2 aromatic rings. The molecular weight excluding hydrogens is 366 g/mol. The van der Waals surface area contributed by atoms with E-state index in [-0.39, 0.29) is 14.9 Å². The second-order valence-electron chi connectivity index (χ2n) is 4.37. The van der Waals surface area contributed by atoms with E-state index in [9.17, 15) is 22.0 Å². The maximum absolute atomic E-state index is 13.7. The number of ketones is 1. The Morgan fingerprint density at radius 1 is 1.05 bits per heavy atom. The van der Waals surface area contributed by atoms with Crippen LogP contribution in [0.4, 0.5) is 8.78 Å². The van der Waals surface area contributed by atoms with Crippen LogP contribution in [0.15, 0.2) is 45.8 Å². The van der Waals surface area contributed by atoms with E-state index in [1.54, 1.807) is 0 Å². The van der Waals surface area contributed by atoms with Crippen LogP contribution in [0.3, 0.4) is 0 Å². The lowest BCUT2D eigenvalue weighted by molar-refractivity contribution is 0.103. The first-order valence-corrected chi connectivity index (χ1v) is 8.38. The molecule has 0 spiro atoms. The normalized spacial score (nSPS) is 11.4. The average Bonchev–Trinajstić information content (AvgIpc) is 2.41. The van der Waals surface area contributed by atoms with Crippen LogP contribution in [0, 0.1) is 11.6 Å². The summed E-state index contributed by atoms with van der Waals surface area (Å²) in [5.74, 6) is -2.34. The molecule has 0 unspecified atom stereocenters. The second kappa shape index (κ2) is 5.65. The Labute approximate surface area is 128 Å². The van der Waals surface area contributed by atoms with E-state index in [1.807, 2.05) is 0 Å². The lowest BCUT2D eigenvalue weighted by Gasteiger charge is -2.05. The molecule has 110 valence electrons. The summed E-state index contributed by atoms with van der Waals surface area (Å²) >= 11 is 2.82. The summed E-state index contributed by atoms with van der Waals surface area (Å²) in [4.78, 5) is 12.2. The van der Waals surface area contributed by atoms with Crippen LogP contribution >= 0.6 is 15.9 Å². The summed E-state index contributed by atoms with van der Waals surface area (Å²) < 4.78 is 49.7. The van der Waals surface area contributed by atoms with E-state index in [0.29, 0.717) is 0 Å². The van der Waals surface area contributed by atoms with Gasteiger partial charge in [0.05, 0.1) is 14.9 Å². The predicted octanol–water partition coefficient (Wildman–Crippen LogP) is 3.36. The molecule has 2 aromatic carbocycles. The van der Waals surface area contributed by atoms with Crippen molar-refractivity contribution in [1.29, 1.82) is 0 Å². The molecule has 0 saturated heterocycles. The van der Waals surface area contributed by atoms with Gasteiger partial charge < -0.3 is 0 Å². The zero-order valence-corrected chi connectivity index (χ0v) is 13.1. The monoisotopic (exact) mass is 374 g/mol. The van der Waals surface area contributed by atoms with Gasteiger partial charge in [-0.2, -0.15) is 0 Å². The predicted molar refractivity (Wildman–Crippen MR) is 77.0 cm³/mol. The van der Waals surface area contributed by atoms with Gasteiger partial charge in [-0.25, -0.2) is 17.2 Å². The van der Waals surface area contributed by atoms with Gasteiger partial charge in [0.2, 0.25) is 0 Å². The van der Waals surface area contributed by atoms with E-state index in [0.717, 1.165) is 18.4 Å². The molecule has 0 atom stereocenters. The van der Waals surface area contributed by atoms with E-state index in [2.05, 4.69) is 15.9 Å². The van der Waals surface area contributed by atoms with Gasteiger partial charge in [-0.05, 0) is 52.3 Å². The fraction of sp³-hybridized carbons (Fsp3) is 0.0714. The molecule has 0 bridgehead atoms. The first kappa shape index (κ1) is 15.8. The number of carbonyl (C=O) groups is 1. The smallest absolute Gasteiger partial charge is 0.196 e. The lowest BCUT2D eigenvalue weighted by atomic mass is 10.0. The highest BCUT2D eigenvalue weighted by Gasteiger charge is 2.17. The maximum atomic E-state index is 13.7. The van der Waals surface area contributed by atoms with E-state index >= 15 is 0 Å². The van der Waals surface area contributed by atoms with Crippen molar-refractivity contribution in [3.8, 4) is 0 Å². The van der Waals surface area contributed by atoms with Gasteiger partial charge in [0.1, 0.15) is 11.6 Å². The number of sulfone groups is 1. The van der Waals surface area contributed by atoms with Crippen molar-refractivity contribution in [2.24, 2.45) is 0 Å². The highest BCUT2D eigenvalue weighted by atomic mass is 79.9. The number of carbonyl (C=O) groups excluding carboxylic acids is 1. The molecule has 0 aliphatic heterocycles. The Hall–Kier alpha value is -1.60. The van der Waals surface area contributed by atoms with Gasteiger partial charge >= 0.3 is 0 Å². The highest BCUT2D eigenvalue weighted by molar-refractivity contribution is 9.10. The fourth-order valence-electron chi connectivity index (χ4n) is 1.71. The Morgan fingerprint density at radius 3 is 2.14 bits per heavy atom. The van der Waals surface area contributed by atoms with E-state index in [1.165, 1.54) is 24.3 Å². The molecule has 3 nitrogen and oxygen atoms in total. The largest absolute Gasteiger partial charge is 0.288 e. The molecule has 0 aromatic heterocycles. The minimum Gasteiger partial charge on any atom is -0.288 e. The molecule has 0 aliphatic rings. The third-order valence-electron chi connectivity index (χ3n) is 2.80. The van der Waals surface area contributed by atoms with Gasteiger partial charge in [-0.3, -0.25) is 4.79 Å². The standard InChI is InChI=1S/C14H9BrF2O3S/c1-21(19,20)9-4-2-8(3-5-9)14(18)10-6-13(17)11(15)7-12(10)16/h2-7H,1H3. The SMILES string of the molecule is CS(=O)(=O)c1ccc(C(=O)c2cc(F)c(Br)cc2F)cc1. The quantitative estimate of drug-likeness (QED) is 0.611. The molecule has 7 heteroatoms. The van der Waals surface area contributed by atoms with Crippen LogP contribution in [-0.4, -0.2) is 20.5 Å². The minimum atomic E-state index is -3.38. The Balaban J connectivity index is 2.44. The summed E-state index contributed by atoms with van der Waals surface area (Å²) in [6.45, 7) is 0. The molecule has 0 aliphatic carbocycles.